The predicted octanol–water partition coefficient (Wildman–Crippen LogP) is 7.63. The zero-order valence-electron chi connectivity index (χ0n) is 17.6. The van der Waals surface area contributed by atoms with Crippen LogP contribution in [0.15, 0.2) is 103 Å². The summed E-state index contributed by atoms with van der Waals surface area (Å²) < 4.78 is 0.867. The Morgan fingerprint density at radius 3 is 1.97 bits per heavy atom. The van der Waals surface area contributed by atoms with E-state index in [9.17, 15) is 9.90 Å². The highest BCUT2D eigenvalue weighted by Gasteiger charge is 2.11. The normalized spacial score (nSPS) is 11.2. The van der Waals surface area contributed by atoms with Crippen molar-refractivity contribution >= 4 is 56.7 Å². The van der Waals surface area contributed by atoms with Crippen LogP contribution in [0.2, 0.25) is 0 Å². The maximum atomic E-state index is 11.2. The van der Waals surface area contributed by atoms with Crippen LogP contribution in [-0.4, -0.2) is 16.1 Å². The van der Waals surface area contributed by atoms with Crippen molar-refractivity contribution in [2.24, 2.45) is 0 Å². The van der Waals surface area contributed by atoms with Crippen LogP contribution in [0.1, 0.15) is 20.9 Å². The molecule has 5 heteroatoms. The minimum atomic E-state index is -0.928. The fraction of sp³-hybridized carbons (Fsp3) is 0. The average Bonchev–Trinajstić information content (AvgIpc) is 3.27. The Morgan fingerprint density at radius 2 is 1.36 bits per heavy atom. The molecule has 1 heterocycles. The quantitative estimate of drug-likeness (QED) is 0.290. The van der Waals surface area contributed by atoms with Gasteiger partial charge in [-0.3, -0.25) is 0 Å². The third-order valence-electron chi connectivity index (χ3n) is 5.25. The lowest BCUT2D eigenvalue weighted by atomic mass is 10.1. The fourth-order valence-corrected chi connectivity index (χ4v) is 4.56. The van der Waals surface area contributed by atoms with Crippen molar-refractivity contribution in [1.29, 1.82) is 0 Å². The number of anilines is 3. The zero-order chi connectivity index (χ0) is 22.6. The van der Waals surface area contributed by atoms with Gasteiger partial charge in [-0.05, 0) is 66.2 Å². The molecule has 5 rings (SSSR count). The number of fused-ring (bicyclic) bond motifs is 1. The van der Waals surface area contributed by atoms with Gasteiger partial charge in [0.25, 0.3) is 0 Å². The Morgan fingerprint density at radius 1 is 0.758 bits per heavy atom. The molecule has 0 aliphatic heterocycles. The zero-order valence-corrected chi connectivity index (χ0v) is 18.4. The van der Waals surface area contributed by atoms with Crippen molar-refractivity contribution in [1.82, 2.24) is 4.98 Å². The van der Waals surface area contributed by atoms with Crippen LogP contribution in [0.4, 0.5) is 17.1 Å². The van der Waals surface area contributed by atoms with E-state index in [-0.39, 0.29) is 5.56 Å². The first-order valence-electron chi connectivity index (χ1n) is 10.5. The number of thiazole rings is 1. The molecule has 0 fully saturated rings. The van der Waals surface area contributed by atoms with Gasteiger partial charge in [-0.2, -0.15) is 0 Å². The molecule has 0 atom stereocenters. The second-order valence-electron chi connectivity index (χ2n) is 7.47. The van der Waals surface area contributed by atoms with Crippen LogP contribution in [0.3, 0.4) is 0 Å². The Labute approximate surface area is 195 Å². The molecule has 0 saturated carbocycles. The van der Waals surface area contributed by atoms with Crippen molar-refractivity contribution in [3.63, 3.8) is 0 Å². The molecule has 0 saturated heterocycles. The summed E-state index contributed by atoms with van der Waals surface area (Å²) >= 11 is 1.48. The maximum Gasteiger partial charge on any atom is 0.335 e. The molecule has 33 heavy (non-hydrogen) atoms. The van der Waals surface area contributed by atoms with E-state index in [4.69, 9.17) is 0 Å². The van der Waals surface area contributed by atoms with E-state index in [1.165, 1.54) is 11.3 Å². The average molecular weight is 449 g/mol. The number of para-hydroxylation sites is 2. The molecular formula is C28H20N2O2S. The minimum absolute atomic E-state index is 0.277. The van der Waals surface area contributed by atoms with Crippen LogP contribution >= 0.6 is 11.3 Å². The SMILES string of the molecule is O=C(O)c1ccc2nc(/C=C/c3ccc(N(c4ccccc4)c4ccccc4)cc3)sc2c1. The molecule has 160 valence electrons. The monoisotopic (exact) mass is 448 g/mol. The number of aromatic nitrogens is 1. The van der Waals surface area contributed by atoms with Crippen molar-refractivity contribution in [3.05, 3.63) is 119 Å². The van der Waals surface area contributed by atoms with Gasteiger partial charge < -0.3 is 10.0 Å². The van der Waals surface area contributed by atoms with E-state index < -0.39 is 5.97 Å². The fourth-order valence-electron chi connectivity index (χ4n) is 3.65. The van der Waals surface area contributed by atoms with Crippen molar-refractivity contribution < 1.29 is 9.90 Å². The third kappa shape index (κ3) is 4.54. The third-order valence-corrected chi connectivity index (χ3v) is 6.23. The number of aromatic carboxylic acids is 1. The molecule has 0 aliphatic rings. The van der Waals surface area contributed by atoms with Gasteiger partial charge in [-0.25, -0.2) is 9.78 Å². The Bertz CT molecular complexity index is 1390. The first-order valence-corrected chi connectivity index (χ1v) is 11.3. The molecule has 4 aromatic carbocycles. The van der Waals surface area contributed by atoms with E-state index in [0.29, 0.717) is 0 Å². The highest BCUT2D eigenvalue weighted by molar-refractivity contribution is 7.19. The predicted molar refractivity (Wildman–Crippen MR) is 137 cm³/mol. The summed E-state index contributed by atoms with van der Waals surface area (Å²) in [4.78, 5) is 18.0. The maximum absolute atomic E-state index is 11.2. The largest absolute Gasteiger partial charge is 0.478 e. The first kappa shape index (κ1) is 20.7. The molecule has 0 amide bonds. The molecule has 1 N–H and O–H groups in total. The van der Waals surface area contributed by atoms with Gasteiger partial charge in [-0.15, -0.1) is 11.3 Å². The van der Waals surface area contributed by atoms with Crippen LogP contribution < -0.4 is 4.90 Å². The summed E-state index contributed by atoms with van der Waals surface area (Å²) in [5.74, 6) is -0.928. The van der Waals surface area contributed by atoms with Gasteiger partial charge in [0.2, 0.25) is 0 Å². The van der Waals surface area contributed by atoms with E-state index in [0.717, 1.165) is 37.8 Å². The van der Waals surface area contributed by atoms with E-state index in [1.807, 2.05) is 48.6 Å². The van der Waals surface area contributed by atoms with Crippen molar-refractivity contribution in [3.8, 4) is 0 Å². The van der Waals surface area contributed by atoms with Gasteiger partial charge in [0, 0.05) is 17.1 Å². The Kier molecular flexibility index (Phi) is 5.70. The molecule has 1 aromatic heterocycles. The van der Waals surface area contributed by atoms with Gasteiger partial charge in [0.1, 0.15) is 5.01 Å². The standard InChI is InChI=1S/C28H20N2O2S/c31-28(32)21-14-17-25-26(19-21)33-27(29-25)18-13-20-11-15-24(16-12-20)30(22-7-3-1-4-8-22)23-9-5-2-6-10-23/h1-19H,(H,31,32)/b18-13+. The first-order chi connectivity index (χ1) is 16.2. The molecule has 0 aliphatic carbocycles. The lowest BCUT2D eigenvalue weighted by molar-refractivity contribution is 0.0697. The molecule has 4 nitrogen and oxygen atoms in total. The Hall–Kier alpha value is -4.22. The molecule has 0 spiro atoms. The van der Waals surface area contributed by atoms with E-state index >= 15 is 0 Å². The highest BCUT2D eigenvalue weighted by atomic mass is 32.1. The lowest BCUT2D eigenvalue weighted by Crippen LogP contribution is -2.09. The molecule has 0 unspecified atom stereocenters. The summed E-state index contributed by atoms with van der Waals surface area (Å²) in [5.41, 5.74) is 5.42. The minimum Gasteiger partial charge on any atom is -0.478 e. The smallest absolute Gasteiger partial charge is 0.335 e. The number of rotatable bonds is 6. The molecule has 0 radical (unpaired) electrons. The topological polar surface area (TPSA) is 53.4 Å². The van der Waals surface area contributed by atoms with Crippen LogP contribution in [-0.2, 0) is 0 Å². The molecule has 0 bridgehead atoms. The second kappa shape index (κ2) is 9.10. The van der Waals surface area contributed by atoms with E-state index in [1.54, 1.807) is 18.2 Å². The van der Waals surface area contributed by atoms with Crippen LogP contribution in [0, 0.1) is 0 Å². The number of carboxylic acid groups (broad SMARTS) is 1. The van der Waals surface area contributed by atoms with Gasteiger partial charge in [-0.1, -0.05) is 54.6 Å². The number of carboxylic acids is 1. The number of hydrogen-bond donors (Lipinski definition) is 1. The van der Waals surface area contributed by atoms with Gasteiger partial charge in [0.15, 0.2) is 0 Å². The van der Waals surface area contributed by atoms with Gasteiger partial charge >= 0.3 is 5.97 Å². The number of nitrogens with zero attached hydrogens (tertiary/aromatic N) is 2. The lowest BCUT2D eigenvalue weighted by Gasteiger charge is -2.25. The second-order valence-corrected chi connectivity index (χ2v) is 8.53. The number of benzene rings is 4. The van der Waals surface area contributed by atoms with Crippen molar-refractivity contribution in [2.75, 3.05) is 4.90 Å². The molecular weight excluding hydrogens is 428 g/mol. The van der Waals surface area contributed by atoms with Crippen LogP contribution in [0.25, 0.3) is 22.4 Å². The summed E-state index contributed by atoms with van der Waals surface area (Å²) in [6.45, 7) is 0. The van der Waals surface area contributed by atoms with Crippen LogP contribution in [0.5, 0.6) is 0 Å². The molecule has 5 aromatic rings. The number of hydrogen-bond acceptors (Lipinski definition) is 4. The van der Waals surface area contributed by atoms with E-state index in [2.05, 4.69) is 58.4 Å². The van der Waals surface area contributed by atoms with Crippen molar-refractivity contribution in [2.45, 2.75) is 0 Å². The highest BCUT2D eigenvalue weighted by Crippen LogP contribution is 2.34. The Balaban J connectivity index is 1.41. The number of carbonyl (C=O) groups is 1. The summed E-state index contributed by atoms with van der Waals surface area (Å²) in [6.07, 6.45) is 3.99. The summed E-state index contributed by atoms with van der Waals surface area (Å²) in [5, 5.41) is 10.0. The summed E-state index contributed by atoms with van der Waals surface area (Å²) in [6, 6.07) is 34.0. The van der Waals surface area contributed by atoms with Gasteiger partial charge in [0.05, 0.1) is 15.8 Å². The summed E-state index contributed by atoms with van der Waals surface area (Å²) in [7, 11) is 0.